The van der Waals surface area contributed by atoms with E-state index in [9.17, 15) is 9.59 Å². The first-order valence-electron chi connectivity index (χ1n) is 11.8. The average Bonchev–Trinajstić information content (AvgIpc) is 3.49. The molecular weight excluding hydrogens is 520 g/mol. The molecule has 0 atom stereocenters. The van der Waals surface area contributed by atoms with E-state index in [1.807, 2.05) is 88.9 Å². The zero-order valence-electron chi connectivity index (χ0n) is 21.5. The second-order valence-corrected chi connectivity index (χ2v) is 10.4. The number of rotatable bonds is 9. The van der Waals surface area contributed by atoms with Gasteiger partial charge in [-0.3, -0.25) is 9.59 Å². The number of nitrogens with zero attached hydrogens (tertiary/aromatic N) is 6. The van der Waals surface area contributed by atoms with Crippen molar-refractivity contribution < 1.29 is 18.7 Å². The number of nitrogens with one attached hydrogen (secondary N) is 2. The van der Waals surface area contributed by atoms with Crippen LogP contribution in [0, 0.1) is 13.8 Å². The third kappa shape index (κ3) is 6.99. The molecule has 12 heteroatoms. The lowest BCUT2D eigenvalue weighted by Gasteiger charge is -2.00. The Morgan fingerprint density at radius 3 is 1.45 bits per heavy atom. The molecule has 4 aromatic rings. The predicted molar refractivity (Wildman–Crippen MR) is 147 cm³/mol. The summed E-state index contributed by atoms with van der Waals surface area (Å²) in [6.07, 6.45) is 7.29. The van der Waals surface area contributed by atoms with Crippen LogP contribution in [0.15, 0.2) is 71.4 Å². The Kier molecular flexibility index (Phi) is 8.77. The van der Waals surface area contributed by atoms with E-state index in [1.54, 1.807) is 9.13 Å². The van der Waals surface area contributed by atoms with Crippen LogP contribution in [0.4, 0.5) is 0 Å². The fraction of sp³-hybridized carbons (Fsp3) is 0.231. The summed E-state index contributed by atoms with van der Waals surface area (Å²) in [5, 5.41) is 10.1. The summed E-state index contributed by atoms with van der Waals surface area (Å²) >= 11 is 2.93. The Hall–Kier alpha value is -4.16. The maximum absolute atomic E-state index is 12.3. The van der Waals surface area contributed by atoms with Crippen molar-refractivity contribution in [3.8, 4) is 10.0 Å². The summed E-state index contributed by atoms with van der Waals surface area (Å²) in [5.41, 5.74) is 8.19. The van der Waals surface area contributed by atoms with E-state index in [4.69, 9.17) is 0 Å². The number of pyridine rings is 2. The largest absolute Gasteiger partial charge is 0.305 e. The van der Waals surface area contributed by atoms with Crippen LogP contribution in [0.3, 0.4) is 0 Å². The Balaban J connectivity index is 1.42. The van der Waals surface area contributed by atoms with Gasteiger partial charge in [-0.25, -0.2) is 20.8 Å². The van der Waals surface area contributed by atoms with Gasteiger partial charge in [-0.1, -0.05) is 12.1 Å². The summed E-state index contributed by atoms with van der Waals surface area (Å²) in [4.78, 5) is 35.6. The molecule has 2 amide bonds. The van der Waals surface area contributed by atoms with Crippen LogP contribution in [0.5, 0.6) is 0 Å². The van der Waals surface area contributed by atoms with E-state index in [2.05, 4.69) is 31.0 Å². The highest BCUT2D eigenvalue weighted by Gasteiger charge is 2.18. The number of aryl methyl sites for hydroxylation is 2. The second-order valence-electron chi connectivity index (χ2n) is 8.43. The van der Waals surface area contributed by atoms with E-state index in [1.165, 1.54) is 22.7 Å². The molecule has 0 aromatic carbocycles. The first-order chi connectivity index (χ1) is 18.3. The molecule has 0 saturated carbocycles. The van der Waals surface area contributed by atoms with Gasteiger partial charge in [0.15, 0.2) is 34.8 Å². The minimum Gasteiger partial charge on any atom is -0.266 e. The summed E-state index contributed by atoms with van der Waals surface area (Å²) in [5.74, 6) is -0.431. The smallest absolute Gasteiger partial charge is 0.266 e. The van der Waals surface area contributed by atoms with Crippen molar-refractivity contribution in [2.45, 2.75) is 40.8 Å². The number of aromatic nitrogens is 4. The minimum atomic E-state index is -0.215. The molecule has 4 rings (SSSR count). The Bertz CT molecular complexity index is 1380. The van der Waals surface area contributed by atoms with E-state index >= 15 is 0 Å². The van der Waals surface area contributed by atoms with Crippen LogP contribution in [-0.2, 0) is 22.7 Å². The van der Waals surface area contributed by atoms with Gasteiger partial charge in [-0.15, -0.1) is 22.7 Å². The molecule has 4 heterocycles. The fourth-order valence-electron chi connectivity index (χ4n) is 3.52. The van der Waals surface area contributed by atoms with Crippen molar-refractivity contribution in [2.24, 2.45) is 10.2 Å². The van der Waals surface area contributed by atoms with Crippen LogP contribution < -0.4 is 20.0 Å². The third-order valence-electron chi connectivity index (χ3n) is 5.34. The Morgan fingerprint density at radius 1 is 0.711 bits per heavy atom. The van der Waals surface area contributed by atoms with Gasteiger partial charge in [0, 0.05) is 24.3 Å². The van der Waals surface area contributed by atoms with Crippen molar-refractivity contribution >= 4 is 45.9 Å². The molecule has 4 aromatic heterocycles. The van der Waals surface area contributed by atoms with Crippen LogP contribution in [-0.4, -0.2) is 33.2 Å². The summed E-state index contributed by atoms with van der Waals surface area (Å²) < 4.78 is 3.55. The van der Waals surface area contributed by atoms with Gasteiger partial charge in [0.2, 0.25) is 13.1 Å². The fourth-order valence-corrected chi connectivity index (χ4v) is 5.56. The maximum Gasteiger partial charge on any atom is 0.305 e. The minimum absolute atomic E-state index is 0.179. The normalized spacial score (nSPS) is 11.9. The van der Waals surface area contributed by atoms with Gasteiger partial charge >= 0.3 is 11.8 Å². The third-order valence-corrected chi connectivity index (χ3v) is 8.01. The number of thiazole rings is 2. The molecule has 0 radical (unpaired) electrons. The molecule has 0 fully saturated rings. The van der Waals surface area contributed by atoms with Gasteiger partial charge in [0.25, 0.3) is 0 Å². The lowest BCUT2D eigenvalue weighted by molar-refractivity contribution is -0.684. The molecule has 0 aliphatic heterocycles. The SMILES string of the molecule is C/C(=N\NC(=O)C[n+]1ccccc1)c1sc(-c2nc(C)c(/C(C)=N/NC(=O)C[n+]3ccccc3)s2)nc1C. The lowest BCUT2D eigenvalue weighted by Crippen LogP contribution is -2.41. The molecule has 2 N–H and O–H groups in total. The average molecular weight is 549 g/mol. The highest BCUT2D eigenvalue weighted by atomic mass is 32.1. The quantitative estimate of drug-likeness (QED) is 0.190. The standard InChI is InChI=1S/C26H26N8O2S2/c1-17-23(19(3)29-31-21(35)15-33-11-7-5-8-12-33)37-25(27-17)26-28-18(2)24(38-26)20(4)30-32-22(36)16-34-13-9-6-10-14-34/h5-14H,15-16H2,1-4H3/p+2. The van der Waals surface area contributed by atoms with Gasteiger partial charge < -0.3 is 0 Å². The van der Waals surface area contributed by atoms with Crippen molar-refractivity contribution in [2.75, 3.05) is 0 Å². The maximum atomic E-state index is 12.3. The molecular formula is C26H28N8O2S2+2. The van der Waals surface area contributed by atoms with Gasteiger partial charge in [-0.2, -0.15) is 19.3 Å². The molecule has 0 aliphatic rings. The monoisotopic (exact) mass is 548 g/mol. The Labute approximate surface area is 228 Å². The summed E-state index contributed by atoms with van der Waals surface area (Å²) in [7, 11) is 0. The molecule has 194 valence electrons. The molecule has 10 nitrogen and oxygen atoms in total. The highest BCUT2D eigenvalue weighted by Crippen LogP contribution is 2.33. The van der Waals surface area contributed by atoms with E-state index in [-0.39, 0.29) is 24.9 Å². The Morgan fingerprint density at radius 2 is 1.08 bits per heavy atom. The number of carbonyl (C=O) groups is 2. The van der Waals surface area contributed by atoms with Crippen LogP contribution >= 0.6 is 22.7 Å². The topological polar surface area (TPSA) is 116 Å². The van der Waals surface area contributed by atoms with Crippen LogP contribution in [0.2, 0.25) is 0 Å². The zero-order valence-corrected chi connectivity index (χ0v) is 23.1. The first-order valence-corrected chi connectivity index (χ1v) is 13.4. The first kappa shape index (κ1) is 26.9. The molecule has 0 bridgehead atoms. The highest BCUT2D eigenvalue weighted by molar-refractivity contribution is 7.23. The molecule has 38 heavy (non-hydrogen) atoms. The summed E-state index contributed by atoms with van der Waals surface area (Å²) in [6, 6.07) is 11.3. The van der Waals surface area contributed by atoms with Gasteiger partial charge in [0.1, 0.15) is 0 Å². The number of amides is 2. The van der Waals surface area contributed by atoms with E-state index < -0.39 is 0 Å². The number of carbonyl (C=O) groups excluding carboxylic acids is 2. The number of hydrazone groups is 2. The van der Waals surface area contributed by atoms with E-state index in [0.717, 1.165) is 31.2 Å². The van der Waals surface area contributed by atoms with Crippen molar-refractivity contribution in [3.63, 3.8) is 0 Å². The number of hydrogen-bond acceptors (Lipinski definition) is 8. The molecule has 0 saturated heterocycles. The van der Waals surface area contributed by atoms with Gasteiger partial charge in [-0.05, 0) is 27.7 Å². The molecule has 0 aliphatic carbocycles. The second kappa shape index (κ2) is 12.4. The van der Waals surface area contributed by atoms with Crippen molar-refractivity contribution in [1.82, 2.24) is 20.8 Å². The van der Waals surface area contributed by atoms with Crippen molar-refractivity contribution in [1.29, 1.82) is 0 Å². The van der Waals surface area contributed by atoms with E-state index in [0.29, 0.717) is 11.4 Å². The zero-order chi connectivity index (χ0) is 27.1. The van der Waals surface area contributed by atoms with Crippen LogP contribution in [0.25, 0.3) is 10.0 Å². The predicted octanol–water partition coefficient (Wildman–Crippen LogP) is 2.54. The lowest BCUT2D eigenvalue weighted by atomic mass is 10.3. The summed E-state index contributed by atoms with van der Waals surface area (Å²) in [6.45, 7) is 7.85. The molecule has 0 unspecified atom stereocenters. The number of hydrogen-bond donors (Lipinski definition) is 2. The molecule has 0 spiro atoms. The van der Waals surface area contributed by atoms with Crippen LogP contribution in [0.1, 0.15) is 35.0 Å². The van der Waals surface area contributed by atoms with Gasteiger partial charge in [0.05, 0.1) is 32.6 Å². The van der Waals surface area contributed by atoms with Crippen molar-refractivity contribution in [3.05, 3.63) is 82.3 Å².